The minimum atomic E-state index is -0.629. The Kier molecular flexibility index (Phi) is 5.58. The summed E-state index contributed by atoms with van der Waals surface area (Å²) < 4.78 is 16.0. The summed E-state index contributed by atoms with van der Waals surface area (Å²) in [4.78, 5) is 29.3. The second kappa shape index (κ2) is 8.05. The molecule has 0 saturated heterocycles. The first kappa shape index (κ1) is 18.0. The maximum atomic E-state index is 12.2. The number of aromatic nitrogens is 1. The van der Waals surface area contributed by atoms with Crippen molar-refractivity contribution < 1.29 is 23.8 Å². The Morgan fingerprint density at radius 3 is 2.69 bits per heavy atom. The van der Waals surface area contributed by atoms with Gasteiger partial charge in [-0.1, -0.05) is 17.7 Å². The zero-order valence-electron chi connectivity index (χ0n) is 14.1. The van der Waals surface area contributed by atoms with Gasteiger partial charge in [-0.15, -0.1) is 0 Å². The van der Waals surface area contributed by atoms with Crippen LogP contribution in [0, 0.1) is 0 Å². The fourth-order valence-electron chi connectivity index (χ4n) is 2.37. The number of halogens is 1. The van der Waals surface area contributed by atoms with Crippen molar-refractivity contribution in [2.24, 2.45) is 0 Å². The number of nitrogens with zero attached hydrogens (tertiary/aromatic N) is 2. The summed E-state index contributed by atoms with van der Waals surface area (Å²) >= 11 is 5.67. The summed E-state index contributed by atoms with van der Waals surface area (Å²) in [7, 11) is 1.64. The minimum Gasteiger partial charge on any atom is -0.486 e. The Labute approximate surface area is 155 Å². The number of ether oxygens (including phenoxy) is 3. The van der Waals surface area contributed by atoms with E-state index in [1.165, 1.54) is 23.2 Å². The molecule has 0 radical (unpaired) electrons. The van der Waals surface area contributed by atoms with E-state index in [0.717, 1.165) is 5.56 Å². The number of esters is 1. The van der Waals surface area contributed by atoms with Crippen molar-refractivity contribution in [3.05, 3.63) is 52.8 Å². The Bertz CT molecular complexity index is 810. The second-order valence-electron chi connectivity index (χ2n) is 5.67. The average Bonchev–Trinajstić information content (AvgIpc) is 2.66. The van der Waals surface area contributed by atoms with Gasteiger partial charge in [0.15, 0.2) is 18.1 Å². The molecule has 0 bridgehead atoms. The molecule has 136 valence electrons. The van der Waals surface area contributed by atoms with Crippen LogP contribution in [0.2, 0.25) is 5.15 Å². The van der Waals surface area contributed by atoms with Crippen LogP contribution in [0.4, 0.5) is 0 Å². The molecule has 3 rings (SSSR count). The molecule has 8 heteroatoms. The number of hydrogen-bond acceptors (Lipinski definition) is 6. The van der Waals surface area contributed by atoms with Crippen LogP contribution in [0.5, 0.6) is 11.5 Å². The molecule has 0 atom stereocenters. The Hall–Kier alpha value is -2.80. The molecule has 26 heavy (non-hydrogen) atoms. The first-order valence-corrected chi connectivity index (χ1v) is 8.32. The fraction of sp³-hybridized carbons (Fsp3) is 0.278. The molecule has 1 aromatic heterocycles. The summed E-state index contributed by atoms with van der Waals surface area (Å²) in [5.41, 5.74) is 1.12. The molecular weight excluding hydrogens is 360 g/mol. The monoisotopic (exact) mass is 376 g/mol. The summed E-state index contributed by atoms with van der Waals surface area (Å²) in [5, 5.41) is 0.275. The second-order valence-corrected chi connectivity index (χ2v) is 6.06. The van der Waals surface area contributed by atoms with Gasteiger partial charge in [0.05, 0.1) is 5.56 Å². The number of amides is 1. The van der Waals surface area contributed by atoms with Crippen LogP contribution in [-0.2, 0) is 16.1 Å². The van der Waals surface area contributed by atoms with E-state index in [4.69, 9.17) is 25.8 Å². The van der Waals surface area contributed by atoms with E-state index >= 15 is 0 Å². The van der Waals surface area contributed by atoms with Crippen LogP contribution in [0.15, 0.2) is 36.5 Å². The summed E-state index contributed by atoms with van der Waals surface area (Å²) in [6, 6.07) is 8.48. The number of fused-ring (bicyclic) bond motifs is 1. The number of benzene rings is 1. The molecule has 0 fully saturated rings. The number of likely N-dealkylation sites (N-methyl/N-ethyl adjacent to an activating group) is 1. The Morgan fingerprint density at radius 2 is 1.96 bits per heavy atom. The van der Waals surface area contributed by atoms with Gasteiger partial charge in [0.2, 0.25) is 0 Å². The average molecular weight is 377 g/mol. The van der Waals surface area contributed by atoms with E-state index in [1.807, 2.05) is 18.2 Å². The Balaban J connectivity index is 1.53. The molecular formula is C18H17ClN2O5. The highest BCUT2D eigenvalue weighted by Crippen LogP contribution is 2.31. The van der Waals surface area contributed by atoms with Gasteiger partial charge >= 0.3 is 5.97 Å². The van der Waals surface area contributed by atoms with Crippen LogP contribution >= 0.6 is 11.6 Å². The number of hydrogen-bond donors (Lipinski definition) is 0. The molecule has 0 spiro atoms. The standard InChI is InChI=1S/C18H17ClN2O5/c1-21(10-12-2-4-14-15(8-12)25-7-6-24-14)17(22)11-26-18(23)13-3-5-16(19)20-9-13/h2-5,8-9H,6-7,10-11H2,1H3. The van der Waals surface area contributed by atoms with Gasteiger partial charge in [0.25, 0.3) is 5.91 Å². The highest BCUT2D eigenvalue weighted by atomic mass is 35.5. The van der Waals surface area contributed by atoms with E-state index < -0.39 is 5.97 Å². The lowest BCUT2D eigenvalue weighted by molar-refractivity contribution is -0.133. The number of carbonyl (C=O) groups excluding carboxylic acids is 2. The normalized spacial score (nSPS) is 12.4. The third kappa shape index (κ3) is 4.43. The third-order valence-corrected chi connectivity index (χ3v) is 3.97. The smallest absolute Gasteiger partial charge is 0.340 e. The summed E-state index contributed by atoms with van der Waals surface area (Å²) in [6.07, 6.45) is 1.30. The van der Waals surface area contributed by atoms with Crippen LogP contribution in [0.3, 0.4) is 0 Å². The molecule has 2 aromatic rings. The van der Waals surface area contributed by atoms with Crippen molar-refractivity contribution in [1.29, 1.82) is 0 Å². The van der Waals surface area contributed by atoms with Crippen molar-refractivity contribution in [2.75, 3.05) is 26.9 Å². The van der Waals surface area contributed by atoms with Crippen molar-refractivity contribution in [3.8, 4) is 11.5 Å². The minimum absolute atomic E-state index is 0.233. The number of pyridine rings is 1. The van der Waals surface area contributed by atoms with Crippen molar-refractivity contribution >= 4 is 23.5 Å². The fourth-order valence-corrected chi connectivity index (χ4v) is 2.48. The van der Waals surface area contributed by atoms with E-state index in [-0.39, 0.29) is 23.2 Å². The zero-order chi connectivity index (χ0) is 18.5. The highest BCUT2D eigenvalue weighted by molar-refractivity contribution is 6.29. The molecule has 1 aromatic carbocycles. The van der Waals surface area contributed by atoms with E-state index in [1.54, 1.807) is 7.05 Å². The van der Waals surface area contributed by atoms with Crippen LogP contribution in [0.25, 0.3) is 0 Å². The molecule has 1 amide bonds. The zero-order valence-corrected chi connectivity index (χ0v) is 14.9. The predicted molar refractivity (Wildman–Crippen MR) is 93.4 cm³/mol. The molecule has 7 nitrogen and oxygen atoms in total. The maximum absolute atomic E-state index is 12.2. The predicted octanol–water partition coefficient (Wildman–Crippen LogP) is 2.32. The molecule has 1 aliphatic heterocycles. The summed E-state index contributed by atoms with van der Waals surface area (Å²) in [5.74, 6) is 0.404. The van der Waals surface area contributed by atoms with Gasteiger partial charge in [-0.2, -0.15) is 0 Å². The molecule has 1 aliphatic rings. The first-order valence-electron chi connectivity index (χ1n) is 7.94. The summed E-state index contributed by atoms with van der Waals surface area (Å²) in [6.45, 7) is 1.03. The van der Waals surface area contributed by atoms with Crippen molar-refractivity contribution in [1.82, 2.24) is 9.88 Å². The van der Waals surface area contributed by atoms with Gasteiger partial charge in [0.1, 0.15) is 18.4 Å². The first-order chi connectivity index (χ1) is 12.5. The third-order valence-electron chi connectivity index (χ3n) is 3.74. The van der Waals surface area contributed by atoms with E-state index in [0.29, 0.717) is 31.3 Å². The Morgan fingerprint density at radius 1 is 1.19 bits per heavy atom. The van der Waals surface area contributed by atoms with Gasteiger partial charge < -0.3 is 19.1 Å². The van der Waals surface area contributed by atoms with Crippen molar-refractivity contribution in [3.63, 3.8) is 0 Å². The van der Waals surface area contributed by atoms with Gasteiger partial charge in [-0.3, -0.25) is 4.79 Å². The van der Waals surface area contributed by atoms with Crippen LogP contribution in [0.1, 0.15) is 15.9 Å². The van der Waals surface area contributed by atoms with Gasteiger partial charge in [-0.05, 0) is 29.8 Å². The molecule has 0 N–H and O–H groups in total. The topological polar surface area (TPSA) is 78.0 Å². The lowest BCUT2D eigenvalue weighted by Gasteiger charge is -2.21. The van der Waals surface area contributed by atoms with Crippen LogP contribution < -0.4 is 9.47 Å². The largest absolute Gasteiger partial charge is 0.486 e. The lowest BCUT2D eigenvalue weighted by Crippen LogP contribution is -2.31. The number of carbonyl (C=O) groups is 2. The van der Waals surface area contributed by atoms with E-state index in [9.17, 15) is 9.59 Å². The number of rotatable bonds is 5. The quantitative estimate of drug-likeness (QED) is 0.588. The molecule has 0 saturated carbocycles. The lowest BCUT2D eigenvalue weighted by atomic mass is 10.2. The highest BCUT2D eigenvalue weighted by Gasteiger charge is 2.16. The van der Waals surface area contributed by atoms with E-state index in [2.05, 4.69) is 4.98 Å². The van der Waals surface area contributed by atoms with Gasteiger partial charge in [-0.25, -0.2) is 9.78 Å². The van der Waals surface area contributed by atoms with Crippen LogP contribution in [-0.4, -0.2) is 48.6 Å². The molecule has 2 heterocycles. The van der Waals surface area contributed by atoms with Crippen molar-refractivity contribution in [2.45, 2.75) is 6.54 Å². The molecule has 0 aliphatic carbocycles. The molecule has 0 unspecified atom stereocenters. The SMILES string of the molecule is CN(Cc1ccc2c(c1)OCCO2)C(=O)COC(=O)c1ccc(Cl)nc1. The maximum Gasteiger partial charge on any atom is 0.340 e. The van der Waals surface area contributed by atoms with Gasteiger partial charge in [0, 0.05) is 19.8 Å².